The van der Waals surface area contributed by atoms with Crippen LogP contribution in [0.4, 0.5) is 0 Å². The van der Waals surface area contributed by atoms with Gasteiger partial charge in [0.05, 0.1) is 16.1 Å². The average molecular weight is 330 g/mol. The molecule has 2 aromatic rings. The van der Waals surface area contributed by atoms with E-state index in [-0.39, 0.29) is 6.04 Å². The summed E-state index contributed by atoms with van der Waals surface area (Å²) in [6, 6.07) is 11.4. The molecule has 1 atom stereocenters. The lowest BCUT2D eigenvalue weighted by molar-refractivity contribution is 0.552. The molecular formula is C15H15Cl3N2. The molecule has 0 aliphatic heterocycles. The van der Waals surface area contributed by atoms with E-state index >= 15 is 0 Å². The molecule has 2 rings (SSSR count). The van der Waals surface area contributed by atoms with Crippen LogP contribution in [0, 0.1) is 6.92 Å². The van der Waals surface area contributed by atoms with Gasteiger partial charge in [-0.25, -0.2) is 0 Å². The van der Waals surface area contributed by atoms with Gasteiger partial charge in [0.25, 0.3) is 0 Å². The van der Waals surface area contributed by atoms with E-state index in [1.54, 1.807) is 6.07 Å². The lowest BCUT2D eigenvalue weighted by Gasteiger charge is -2.18. The maximum atomic E-state index is 6.21. The van der Waals surface area contributed by atoms with Gasteiger partial charge < -0.3 is 0 Å². The zero-order chi connectivity index (χ0) is 14.7. The lowest BCUT2D eigenvalue weighted by Crippen LogP contribution is -2.29. The predicted octanol–water partition coefficient (Wildman–Crippen LogP) is 4.70. The maximum absolute atomic E-state index is 6.21. The van der Waals surface area contributed by atoms with E-state index in [0.29, 0.717) is 16.5 Å². The minimum atomic E-state index is -0.0796. The number of nitrogens with two attached hydrogens (primary N) is 1. The summed E-state index contributed by atoms with van der Waals surface area (Å²) in [5.74, 6) is 5.66. The smallest absolute Gasteiger partial charge is 0.0624 e. The zero-order valence-corrected chi connectivity index (χ0v) is 13.2. The molecular weight excluding hydrogens is 315 g/mol. The molecule has 0 saturated carbocycles. The Bertz CT molecular complexity index is 614. The second-order valence-electron chi connectivity index (χ2n) is 4.64. The number of hydrogen-bond acceptors (Lipinski definition) is 2. The van der Waals surface area contributed by atoms with Gasteiger partial charge in [-0.15, -0.1) is 0 Å². The molecule has 5 heteroatoms. The Kier molecular flexibility index (Phi) is 5.30. The molecule has 0 radical (unpaired) electrons. The van der Waals surface area contributed by atoms with Crippen LogP contribution < -0.4 is 11.3 Å². The molecule has 2 nitrogen and oxygen atoms in total. The average Bonchev–Trinajstić information content (AvgIpc) is 2.44. The molecule has 0 aromatic heterocycles. The zero-order valence-electron chi connectivity index (χ0n) is 11.0. The first-order chi connectivity index (χ1) is 9.52. The van der Waals surface area contributed by atoms with Gasteiger partial charge in [-0.3, -0.25) is 11.3 Å². The lowest BCUT2D eigenvalue weighted by atomic mass is 9.98. The summed E-state index contributed by atoms with van der Waals surface area (Å²) < 4.78 is 0. The predicted molar refractivity (Wildman–Crippen MR) is 86.4 cm³/mol. The third-order valence-corrected chi connectivity index (χ3v) is 4.52. The number of halogens is 3. The van der Waals surface area contributed by atoms with Crippen molar-refractivity contribution in [2.45, 2.75) is 19.4 Å². The molecule has 2 aromatic carbocycles. The first kappa shape index (κ1) is 15.6. The summed E-state index contributed by atoms with van der Waals surface area (Å²) in [6.45, 7) is 1.96. The number of rotatable bonds is 4. The van der Waals surface area contributed by atoms with E-state index < -0.39 is 0 Å². The van der Waals surface area contributed by atoms with Crippen LogP contribution in [-0.2, 0) is 6.42 Å². The summed E-state index contributed by atoms with van der Waals surface area (Å²) in [5, 5.41) is 1.83. The van der Waals surface area contributed by atoms with Crippen LogP contribution >= 0.6 is 34.8 Å². The Morgan fingerprint density at radius 1 is 1.10 bits per heavy atom. The van der Waals surface area contributed by atoms with Crippen LogP contribution in [-0.4, -0.2) is 0 Å². The van der Waals surface area contributed by atoms with E-state index in [1.165, 1.54) is 0 Å². The topological polar surface area (TPSA) is 38.0 Å². The molecule has 3 N–H and O–H groups in total. The van der Waals surface area contributed by atoms with Gasteiger partial charge in [0.1, 0.15) is 0 Å². The molecule has 0 heterocycles. The molecule has 20 heavy (non-hydrogen) atoms. The SMILES string of the molecule is Cc1ccc(C(Cc2cccc(Cl)c2Cl)NN)cc1Cl. The highest BCUT2D eigenvalue weighted by molar-refractivity contribution is 6.42. The largest absolute Gasteiger partial charge is 0.271 e. The van der Waals surface area contributed by atoms with Crippen molar-refractivity contribution in [1.29, 1.82) is 0 Å². The van der Waals surface area contributed by atoms with Gasteiger partial charge in [0, 0.05) is 5.02 Å². The van der Waals surface area contributed by atoms with E-state index in [9.17, 15) is 0 Å². The number of nitrogens with one attached hydrogen (secondary N) is 1. The number of hydrogen-bond donors (Lipinski definition) is 2. The van der Waals surface area contributed by atoms with E-state index in [4.69, 9.17) is 40.6 Å². The van der Waals surface area contributed by atoms with Crippen molar-refractivity contribution in [2.24, 2.45) is 5.84 Å². The van der Waals surface area contributed by atoms with Gasteiger partial charge in [-0.2, -0.15) is 0 Å². The molecule has 0 saturated heterocycles. The molecule has 106 valence electrons. The molecule has 0 bridgehead atoms. The fourth-order valence-corrected chi connectivity index (χ4v) is 2.61. The Morgan fingerprint density at radius 2 is 1.85 bits per heavy atom. The van der Waals surface area contributed by atoms with Gasteiger partial charge in [0.2, 0.25) is 0 Å². The van der Waals surface area contributed by atoms with Crippen molar-refractivity contribution >= 4 is 34.8 Å². The summed E-state index contributed by atoms with van der Waals surface area (Å²) in [6.07, 6.45) is 0.634. The normalized spacial score (nSPS) is 12.4. The Hall–Kier alpha value is -0.770. The summed E-state index contributed by atoms with van der Waals surface area (Å²) in [4.78, 5) is 0. The standard InChI is InChI=1S/C15H15Cl3N2/c1-9-5-6-10(7-13(9)17)14(20-19)8-11-3-2-4-12(16)15(11)18/h2-7,14,20H,8,19H2,1H3. The van der Waals surface area contributed by atoms with Crippen LogP contribution in [0.2, 0.25) is 15.1 Å². The van der Waals surface area contributed by atoms with Gasteiger partial charge in [0.15, 0.2) is 0 Å². The Balaban J connectivity index is 2.28. The van der Waals surface area contributed by atoms with Crippen LogP contribution in [0.3, 0.4) is 0 Å². The first-order valence-corrected chi connectivity index (χ1v) is 7.31. The third-order valence-electron chi connectivity index (χ3n) is 3.26. The molecule has 0 aliphatic rings. The second kappa shape index (κ2) is 6.79. The van der Waals surface area contributed by atoms with Crippen molar-refractivity contribution in [3.05, 3.63) is 68.2 Å². The highest BCUT2D eigenvalue weighted by Crippen LogP contribution is 2.30. The molecule has 0 amide bonds. The molecule has 0 aliphatic carbocycles. The van der Waals surface area contributed by atoms with Crippen molar-refractivity contribution in [3.63, 3.8) is 0 Å². The number of hydrazine groups is 1. The van der Waals surface area contributed by atoms with Gasteiger partial charge in [-0.1, -0.05) is 59.1 Å². The van der Waals surface area contributed by atoms with E-state index in [2.05, 4.69) is 5.43 Å². The highest BCUT2D eigenvalue weighted by atomic mass is 35.5. The Labute approximate surface area is 133 Å². The van der Waals surface area contributed by atoms with Crippen LogP contribution in [0.15, 0.2) is 36.4 Å². The van der Waals surface area contributed by atoms with Gasteiger partial charge >= 0.3 is 0 Å². The number of benzene rings is 2. The fraction of sp³-hybridized carbons (Fsp3) is 0.200. The van der Waals surface area contributed by atoms with Crippen molar-refractivity contribution < 1.29 is 0 Å². The minimum Gasteiger partial charge on any atom is -0.271 e. The highest BCUT2D eigenvalue weighted by Gasteiger charge is 2.14. The number of aryl methyl sites for hydroxylation is 1. The van der Waals surface area contributed by atoms with Crippen molar-refractivity contribution in [1.82, 2.24) is 5.43 Å². The summed E-state index contributed by atoms with van der Waals surface area (Å²) in [5.41, 5.74) is 5.79. The third kappa shape index (κ3) is 3.46. The van der Waals surface area contributed by atoms with Crippen LogP contribution in [0.1, 0.15) is 22.7 Å². The minimum absolute atomic E-state index is 0.0796. The monoisotopic (exact) mass is 328 g/mol. The van der Waals surface area contributed by atoms with Gasteiger partial charge in [-0.05, 0) is 42.2 Å². The Morgan fingerprint density at radius 3 is 2.50 bits per heavy atom. The summed E-state index contributed by atoms with van der Waals surface area (Å²) >= 11 is 18.4. The van der Waals surface area contributed by atoms with Crippen LogP contribution in [0.25, 0.3) is 0 Å². The van der Waals surface area contributed by atoms with E-state index in [0.717, 1.165) is 21.7 Å². The van der Waals surface area contributed by atoms with Crippen LogP contribution in [0.5, 0.6) is 0 Å². The van der Waals surface area contributed by atoms with Crippen molar-refractivity contribution in [2.75, 3.05) is 0 Å². The molecule has 0 spiro atoms. The van der Waals surface area contributed by atoms with E-state index in [1.807, 2.05) is 37.3 Å². The maximum Gasteiger partial charge on any atom is 0.0624 e. The van der Waals surface area contributed by atoms with Crippen molar-refractivity contribution in [3.8, 4) is 0 Å². The molecule has 0 fully saturated rings. The molecule has 1 unspecified atom stereocenters. The second-order valence-corrected chi connectivity index (χ2v) is 5.84. The summed E-state index contributed by atoms with van der Waals surface area (Å²) in [7, 11) is 0. The quantitative estimate of drug-likeness (QED) is 0.630. The fourth-order valence-electron chi connectivity index (χ4n) is 2.02. The first-order valence-electron chi connectivity index (χ1n) is 6.18.